The van der Waals surface area contributed by atoms with Gasteiger partial charge in [-0.2, -0.15) is 0 Å². The first-order valence-corrected chi connectivity index (χ1v) is 8.30. The minimum absolute atomic E-state index is 0.0484. The molecule has 0 aromatic heterocycles. The number of ketones is 2. The molecule has 1 spiro atoms. The summed E-state index contributed by atoms with van der Waals surface area (Å²) in [6.07, 6.45) is 0.151. The number of aromatic hydroxyl groups is 2. The number of carbonyl (C=O) groups is 2. The number of benzene rings is 1. The molecule has 6 nitrogen and oxygen atoms in total. The third-order valence-corrected chi connectivity index (χ3v) is 7.04. The van der Waals surface area contributed by atoms with Crippen LogP contribution in [-0.4, -0.2) is 39.6 Å². The van der Waals surface area contributed by atoms with Gasteiger partial charge in [-0.15, -0.1) is 0 Å². The molecule has 3 saturated carbocycles. The molecule has 0 amide bonds. The number of aliphatic hydroxyl groups is 1. The van der Waals surface area contributed by atoms with Crippen LogP contribution in [0.2, 0.25) is 0 Å². The van der Waals surface area contributed by atoms with E-state index in [0.717, 1.165) is 0 Å². The number of Topliss-reactive ketones (excluding diaryl/α,β-unsaturated/α-hetero) is 2. The molecular weight excluding hydrogens is 312 g/mol. The molecule has 3 N–H and O–H groups in total. The lowest BCUT2D eigenvalue weighted by Gasteiger charge is -2.58. The summed E-state index contributed by atoms with van der Waals surface area (Å²) in [4.78, 5) is 25.8. The van der Waals surface area contributed by atoms with E-state index in [1.54, 1.807) is 0 Å². The Kier molecular flexibility index (Phi) is 2.41. The quantitative estimate of drug-likeness (QED) is 0.667. The van der Waals surface area contributed by atoms with Crippen LogP contribution in [-0.2, 0) is 15.1 Å². The summed E-state index contributed by atoms with van der Waals surface area (Å²) in [5.41, 5.74) is -1.96. The van der Waals surface area contributed by atoms with Gasteiger partial charge in [-0.05, 0) is 31.9 Å². The Balaban J connectivity index is 1.89. The molecule has 1 heterocycles. The Morgan fingerprint density at radius 1 is 1.29 bits per heavy atom. The van der Waals surface area contributed by atoms with Gasteiger partial charge >= 0.3 is 0 Å². The lowest BCUT2D eigenvalue weighted by Crippen LogP contribution is -2.67. The number of phenols is 2. The maximum atomic E-state index is 13.2. The second-order valence-electron chi connectivity index (χ2n) is 7.61. The van der Waals surface area contributed by atoms with Gasteiger partial charge in [0.05, 0.1) is 29.6 Å². The van der Waals surface area contributed by atoms with E-state index >= 15 is 0 Å². The first-order valence-electron chi connectivity index (χ1n) is 8.30. The van der Waals surface area contributed by atoms with Crippen molar-refractivity contribution in [3.05, 3.63) is 23.3 Å². The number of ether oxygens (including phenoxy) is 1. The molecule has 4 aliphatic carbocycles. The Morgan fingerprint density at radius 3 is 2.71 bits per heavy atom. The van der Waals surface area contributed by atoms with Crippen molar-refractivity contribution in [3.8, 4) is 11.5 Å². The maximum Gasteiger partial charge on any atom is 0.174 e. The fourth-order valence-corrected chi connectivity index (χ4v) is 6.22. The van der Waals surface area contributed by atoms with Crippen LogP contribution in [0.4, 0.5) is 0 Å². The van der Waals surface area contributed by atoms with Crippen molar-refractivity contribution in [2.24, 2.45) is 23.2 Å². The molecule has 1 saturated heterocycles. The molecule has 5 aliphatic rings. The number of hydrogen-bond donors (Lipinski definition) is 3. The fraction of sp³-hybridized carbons (Fsp3) is 0.556. The molecule has 6 rings (SSSR count). The zero-order valence-corrected chi connectivity index (χ0v) is 13.2. The maximum absolute atomic E-state index is 13.2. The molecule has 1 aliphatic heterocycles. The third-order valence-electron chi connectivity index (χ3n) is 7.04. The van der Waals surface area contributed by atoms with Crippen molar-refractivity contribution in [1.29, 1.82) is 0 Å². The molecule has 24 heavy (non-hydrogen) atoms. The van der Waals surface area contributed by atoms with Gasteiger partial charge in [-0.25, -0.2) is 0 Å². The number of aliphatic hydroxyl groups excluding tert-OH is 1. The van der Waals surface area contributed by atoms with Crippen LogP contribution in [0.1, 0.15) is 35.7 Å². The summed E-state index contributed by atoms with van der Waals surface area (Å²) >= 11 is 0. The van der Waals surface area contributed by atoms with Crippen LogP contribution in [0.15, 0.2) is 12.1 Å². The number of hydrogen-bond acceptors (Lipinski definition) is 6. The van der Waals surface area contributed by atoms with Gasteiger partial charge in [0.2, 0.25) is 0 Å². The zero-order chi connectivity index (χ0) is 17.0. The Bertz CT molecular complexity index is 816. The standard InChI is InChI=1S/C18H18O6/c1-7(19)17-5-4-9-8(16(17)23)6-24-18(9)13-11(21)3-2-10(20)12(13)14(22)15(17)18/h2-3,8-9,15-16,20-21,23H,4-6H2,1H3/t8-,9?,15+,16+,17+,18?/m1/s1. The van der Waals surface area contributed by atoms with Crippen molar-refractivity contribution in [1.82, 2.24) is 0 Å². The SMILES string of the molecule is CC(=O)[C@@]12CCC3[C@@H](COC34c3c(O)ccc(O)c3C(=O)[C@H]41)[C@@H]2O. The van der Waals surface area contributed by atoms with Gasteiger partial charge in [0.25, 0.3) is 0 Å². The predicted octanol–water partition coefficient (Wildman–Crippen LogP) is 1.11. The van der Waals surface area contributed by atoms with Crippen molar-refractivity contribution >= 4 is 11.6 Å². The van der Waals surface area contributed by atoms with E-state index in [4.69, 9.17) is 4.74 Å². The monoisotopic (exact) mass is 330 g/mol. The minimum Gasteiger partial charge on any atom is -0.508 e. The molecule has 2 unspecified atom stereocenters. The molecular formula is C18H18O6. The van der Waals surface area contributed by atoms with E-state index < -0.39 is 28.8 Å². The van der Waals surface area contributed by atoms with Crippen LogP contribution in [0.3, 0.4) is 0 Å². The molecule has 126 valence electrons. The fourth-order valence-electron chi connectivity index (χ4n) is 6.22. The average molecular weight is 330 g/mol. The van der Waals surface area contributed by atoms with Crippen LogP contribution in [0.5, 0.6) is 11.5 Å². The van der Waals surface area contributed by atoms with E-state index in [-0.39, 0.29) is 41.3 Å². The van der Waals surface area contributed by atoms with Gasteiger partial charge in [-0.1, -0.05) is 0 Å². The van der Waals surface area contributed by atoms with Crippen LogP contribution in [0, 0.1) is 23.2 Å². The second kappa shape index (κ2) is 4.00. The average Bonchev–Trinajstić information content (AvgIpc) is 3.03. The highest BCUT2D eigenvalue weighted by molar-refractivity contribution is 6.10. The molecule has 4 fully saturated rings. The highest BCUT2D eigenvalue weighted by Crippen LogP contribution is 2.73. The summed E-state index contributed by atoms with van der Waals surface area (Å²) in [5.74, 6) is -2.20. The topological polar surface area (TPSA) is 104 Å². The van der Waals surface area contributed by atoms with Crippen molar-refractivity contribution in [2.75, 3.05) is 6.61 Å². The van der Waals surface area contributed by atoms with Gasteiger partial charge < -0.3 is 20.1 Å². The number of phenolic OH excluding ortho intramolecular Hbond substituents is 2. The largest absolute Gasteiger partial charge is 0.508 e. The molecule has 6 atom stereocenters. The van der Waals surface area contributed by atoms with E-state index in [2.05, 4.69) is 0 Å². The third kappa shape index (κ3) is 1.17. The van der Waals surface area contributed by atoms with E-state index in [1.807, 2.05) is 0 Å². The summed E-state index contributed by atoms with van der Waals surface area (Å²) < 4.78 is 6.10. The van der Waals surface area contributed by atoms with E-state index in [1.165, 1.54) is 19.1 Å². The Hall–Kier alpha value is -1.92. The van der Waals surface area contributed by atoms with Crippen molar-refractivity contribution in [3.63, 3.8) is 0 Å². The Morgan fingerprint density at radius 2 is 2.00 bits per heavy atom. The van der Waals surface area contributed by atoms with Crippen LogP contribution in [0.25, 0.3) is 0 Å². The van der Waals surface area contributed by atoms with E-state index in [9.17, 15) is 24.9 Å². The molecule has 0 radical (unpaired) electrons. The Labute approximate surface area is 138 Å². The lowest BCUT2D eigenvalue weighted by atomic mass is 9.44. The van der Waals surface area contributed by atoms with Gasteiger partial charge in [0.15, 0.2) is 5.78 Å². The van der Waals surface area contributed by atoms with Gasteiger partial charge in [0.1, 0.15) is 22.9 Å². The number of rotatable bonds is 1. The molecule has 6 heteroatoms. The van der Waals surface area contributed by atoms with Crippen molar-refractivity contribution < 1.29 is 29.6 Å². The molecule has 4 bridgehead atoms. The van der Waals surface area contributed by atoms with Crippen molar-refractivity contribution in [2.45, 2.75) is 31.5 Å². The van der Waals surface area contributed by atoms with Crippen LogP contribution < -0.4 is 0 Å². The number of fused-ring (bicyclic) bond motifs is 2. The lowest BCUT2D eigenvalue weighted by molar-refractivity contribution is -0.196. The van der Waals surface area contributed by atoms with E-state index in [0.29, 0.717) is 18.4 Å². The summed E-state index contributed by atoms with van der Waals surface area (Å²) in [6.45, 7) is 1.66. The molecule has 1 aromatic rings. The van der Waals surface area contributed by atoms with Gasteiger partial charge in [-0.3, -0.25) is 9.59 Å². The van der Waals surface area contributed by atoms with Crippen LogP contribution >= 0.6 is 0 Å². The smallest absolute Gasteiger partial charge is 0.174 e. The minimum atomic E-state index is -1.20. The van der Waals surface area contributed by atoms with Gasteiger partial charge in [0, 0.05) is 17.4 Å². The normalized spacial score (nSPS) is 44.5. The highest BCUT2D eigenvalue weighted by Gasteiger charge is 2.79. The summed E-state index contributed by atoms with van der Waals surface area (Å²) in [5, 5.41) is 31.6. The number of carbonyl (C=O) groups excluding carboxylic acids is 2. The highest BCUT2D eigenvalue weighted by atomic mass is 16.5. The summed E-state index contributed by atoms with van der Waals surface area (Å²) in [7, 11) is 0. The predicted molar refractivity (Wildman–Crippen MR) is 80.6 cm³/mol. The molecule has 1 aromatic carbocycles. The second-order valence-corrected chi connectivity index (χ2v) is 7.61. The summed E-state index contributed by atoms with van der Waals surface area (Å²) in [6, 6.07) is 2.64. The first kappa shape index (κ1) is 14.4. The first-order chi connectivity index (χ1) is 11.4. The zero-order valence-electron chi connectivity index (χ0n) is 13.2.